The van der Waals surface area contributed by atoms with Crippen LogP contribution in [0.15, 0.2) is 36.4 Å². The first-order chi connectivity index (χ1) is 13.1. The lowest BCUT2D eigenvalue weighted by atomic mass is 9.98. The Labute approximate surface area is 158 Å². The maximum absolute atomic E-state index is 12.6. The second-order valence-electron chi connectivity index (χ2n) is 7.44. The van der Waals surface area contributed by atoms with Crippen molar-refractivity contribution in [2.75, 3.05) is 25.0 Å². The van der Waals surface area contributed by atoms with E-state index < -0.39 is 5.97 Å². The summed E-state index contributed by atoms with van der Waals surface area (Å²) in [6, 6.07) is 11.7. The number of carbonyl (C=O) groups is 2. The molecule has 0 radical (unpaired) electrons. The molecule has 142 valence electrons. The zero-order chi connectivity index (χ0) is 18.8. The van der Waals surface area contributed by atoms with Crippen LogP contribution in [0.2, 0.25) is 0 Å². The van der Waals surface area contributed by atoms with Gasteiger partial charge in [0.2, 0.25) is 5.91 Å². The van der Waals surface area contributed by atoms with Crippen molar-refractivity contribution < 1.29 is 14.7 Å². The van der Waals surface area contributed by atoms with Crippen LogP contribution in [-0.2, 0) is 9.59 Å². The van der Waals surface area contributed by atoms with Crippen molar-refractivity contribution in [2.24, 2.45) is 5.92 Å². The van der Waals surface area contributed by atoms with Gasteiger partial charge in [-0.05, 0) is 44.4 Å². The van der Waals surface area contributed by atoms with Crippen molar-refractivity contribution in [3.8, 4) is 5.69 Å². The molecule has 2 fully saturated rings. The van der Waals surface area contributed by atoms with Gasteiger partial charge < -0.3 is 10.4 Å². The van der Waals surface area contributed by atoms with Gasteiger partial charge in [-0.25, -0.2) is 4.68 Å². The number of rotatable bonds is 6. The molecule has 1 aromatic heterocycles. The van der Waals surface area contributed by atoms with Crippen molar-refractivity contribution in [1.29, 1.82) is 0 Å². The fraction of sp³-hybridized carbons (Fsp3) is 0.450. The molecule has 27 heavy (non-hydrogen) atoms. The number of carboxylic acid groups (broad SMARTS) is 1. The molecule has 1 aliphatic heterocycles. The highest BCUT2D eigenvalue weighted by Crippen LogP contribution is 2.40. The fourth-order valence-electron chi connectivity index (χ4n) is 3.62. The number of aliphatic carboxylic acids is 1. The lowest BCUT2D eigenvalue weighted by Gasteiger charge is -2.29. The molecule has 1 aromatic carbocycles. The number of likely N-dealkylation sites (tertiary alicyclic amines) is 1. The number of para-hydroxylation sites is 1. The summed E-state index contributed by atoms with van der Waals surface area (Å²) in [5.74, 6) is -0.149. The molecule has 1 saturated carbocycles. The van der Waals surface area contributed by atoms with E-state index in [1.807, 2.05) is 41.3 Å². The highest BCUT2D eigenvalue weighted by atomic mass is 16.4. The lowest BCUT2D eigenvalue weighted by molar-refractivity contribution is -0.144. The maximum atomic E-state index is 12.6. The molecular weight excluding hydrogens is 344 g/mol. The first-order valence-corrected chi connectivity index (χ1v) is 9.50. The third-order valence-corrected chi connectivity index (χ3v) is 5.21. The van der Waals surface area contributed by atoms with Crippen LogP contribution in [0.25, 0.3) is 5.69 Å². The van der Waals surface area contributed by atoms with Crippen LogP contribution in [0.5, 0.6) is 0 Å². The number of benzene rings is 1. The Balaban J connectivity index is 1.47. The Morgan fingerprint density at radius 1 is 1.19 bits per heavy atom. The van der Waals surface area contributed by atoms with Gasteiger partial charge in [0.1, 0.15) is 5.82 Å². The van der Waals surface area contributed by atoms with Crippen LogP contribution >= 0.6 is 0 Å². The van der Waals surface area contributed by atoms with Crippen LogP contribution < -0.4 is 5.32 Å². The van der Waals surface area contributed by atoms with Gasteiger partial charge in [0, 0.05) is 18.5 Å². The number of amides is 1. The van der Waals surface area contributed by atoms with Gasteiger partial charge in [-0.15, -0.1) is 0 Å². The molecule has 2 heterocycles. The number of nitrogens with zero attached hydrogens (tertiary/aromatic N) is 3. The molecule has 7 nitrogen and oxygen atoms in total. The van der Waals surface area contributed by atoms with Crippen molar-refractivity contribution in [2.45, 2.75) is 31.6 Å². The van der Waals surface area contributed by atoms with Gasteiger partial charge >= 0.3 is 5.97 Å². The highest BCUT2D eigenvalue weighted by molar-refractivity contribution is 5.91. The second kappa shape index (κ2) is 7.52. The summed E-state index contributed by atoms with van der Waals surface area (Å²) < 4.78 is 1.78. The lowest BCUT2D eigenvalue weighted by Crippen LogP contribution is -2.42. The summed E-state index contributed by atoms with van der Waals surface area (Å²) >= 11 is 0. The fourth-order valence-corrected chi connectivity index (χ4v) is 3.62. The van der Waals surface area contributed by atoms with Gasteiger partial charge in [0.15, 0.2) is 0 Å². The number of hydrogen-bond acceptors (Lipinski definition) is 4. The van der Waals surface area contributed by atoms with Crippen molar-refractivity contribution >= 4 is 17.7 Å². The van der Waals surface area contributed by atoms with Crippen molar-refractivity contribution in [3.63, 3.8) is 0 Å². The smallest absolute Gasteiger partial charge is 0.307 e. The molecule has 1 atom stereocenters. The average Bonchev–Trinajstić information content (AvgIpc) is 3.44. The van der Waals surface area contributed by atoms with Gasteiger partial charge in [-0.3, -0.25) is 14.5 Å². The first-order valence-electron chi connectivity index (χ1n) is 9.50. The van der Waals surface area contributed by atoms with E-state index in [-0.39, 0.29) is 18.4 Å². The molecule has 1 amide bonds. The summed E-state index contributed by atoms with van der Waals surface area (Å²) in [4.78, 5) is 25.7. The Morgan fingerprint density at radius 3 is 2.67 bits per heavy atom. The van der Waals surface area contributed by atoms with E-state index in [1.165, 1.54) is 0 Å². The standard InChI is InChI=1S/C20H24N4O3/c25-19(13-23-10-4-5-15(12-23)20(26)27)21-18-11-17(14-8-9-14)22-24(18)16-6-2-1-3-7-16/h1-3,6-7,11,14-15H,4-5,8-10,12-13H2,(H,21,25)(H,26,27). The third-order valence-electron chi connectivity index (χ3n) is 5.21. The van der Waals surface area contributed by atoms with E-state index in [9.17, 15) is 14.7 Å². The molecule has 7 heteroatoms. The van der Waals surface area contributed by atoms with Crippen molar-refractivity contribution in [3.05, 3.63) is 42.1 Å². The number of nitrogens with one attached hydrogen (secondary N) is 1. The van der Waals surface area contributed by atoms with E-state index in [1.54, 1.807) is 4.68 Å². The van der Waals surface area contributed by atoms with Gasteiger partial charge in [-0.2, -0.15) is 5.10 Å². The predicted molar refractivity (Wildman–Crippen MR) is 101 cm³/mol. The zero-order valence-corrected chi connectivity index (χ0v) is 15.2. The number of carboxylic acids is 1. The minimum atomic E-state index is -0.781. The Morgan fingerprint density at radius 2 is 1.96 bits per heavy atom. The number of piperidine rings is 1. The Bertz CT molecular complexity index is 829. The van der Waals surface area contributed by atoms with E-state index in [0.29, 0.717) is 24.7 Å². The first kappa shape index (κ1) is 17.7. The van der Waals surface area contributed by atoms with Gasteiger partial charge in [0.05, 0.1) is 23.8 Å². The zero-order valence-electron chi connectivity index (χ0n) is 15.2. The normalized spacial score (nSPS) is 20.4. The van der Waals surface area contributed by atoms with Crippen LogP contribution in [-0.4, -0.2) is 51.3 Å². The van der Waals surface area contributed by atoms with Crippen LogP contribution in [0.1, 0.15) is 37.3 Å². The predicted octanol–water partition coefficient (Wildman–Crippen LogP) is 2.48. The number of anilines is 1. The number of carbonyl (C=O) groups excluding carboxylic acids is 1. The average molecular weight is 368 g/mol. The molecule has 0 bridgehead atoms. The van der Waals surface area contributed by atoms with E-state index in [4.69, 9.17) is 0 Å². The number of aromatic nitrogens is 2. The minimum absolute atomic E-state index is 0.138. The van der Waals surface area contributed by atoms with E-state index in [2.05, 4.69) is 10.4 Å². The molecule has 2 N–H and O–H groups in total. The molecule has 4 rings (SSSR count). The highest BCUT2D eigenvalue weighted by Gasteiger charge is 2.29. The summed E-state index contributed by atoms with van der Waals surface area (Å²) in [7, 11) is 0. The van der Waals surface area contributed by atoms with Crippen molar-refractivity contribution in [1.82, 2.24) is 14.7 Å². The summed E-state index contributed by atoms with van der Waals surface area (Å²) in [5.41, 5.74) is 1.92. The van der Waals surface area contributed by atoms with Gasteiger partial charge in [-0.1, -0.05) is 18.2 Å². The molecular formula is C20H24N4O3. The maximum Gasteiger partial charge on any atom is 0.307 e. The molecule has 2 aliphatic rings. The van der Waals surface area contributed by atoms with Crippen LogP contribution in [0, 0.1) is 5.92 Å². The Hall–Kier alpha value is -2.67. The van der Waals surface area contributed by atoms with E-state index in [0.717, 1.165) is 37.2 Å². The molecule has 1 unspecified atom stereocenters. The topological polar surface area (TPSA) is 87.5 Å². The largest absolute Gasteiger partial charge is 0.481 e. The molecule has 0 spiro atoms. The van der Waals surface area contributed by atoms with Crippen LogP contribution in [0.3, 0.4) is 0 Å². The summed E-state index contributed by atoms with van der Waals surface area (Å²) in [6.45, 7) is 1.37. The number of hydrogen-bond donors (Lipinski definition) is 2. The third kappa shape index (κ3) is 4.19. The second-order valence-corrected chi connectivity index (χ2v) is 7.44. The summed E-state index contributed by atoms with van der Waals surface area (Å²) in [6.07, 6.45) is 3.77. The quantitative estimate of drug-likeness (QED) is 0.818. The SMILES string of the molecule is O=C(CN1CCCC(C(=O)O)C1)Nc1cc(C2CC2)nn1-c1ccccc1. The van der Waals surface area contributed by atoms with Crippen LogP contribution in [0.4, 0.5) is 5.82 Å². The Kier molecular flexibility index (Phi) is 4.94. The molecule has 1 saturated heterocycles. The van der Waals surface area contributed by atoms with E-state index >= 15 is 0 Å². The minimum Gasteiger partial charge on any atom is -0.481 e. The van der Waals surface area contributed by atoms with Gasteiger partial charge in [0.25, 0.3) is 0 Å². The monoisotopic (exact) mass is 368 g/mol. The molecule has 1 aliphatic carbocycles. The summed E-state index contributed by atoms with van der Waals surface area (Å²) in [5, 5.41) is 16.9. The molecule has 2 aromatic rings.